The van der Waals surface area contributed by atoms with E-state index in [1.54, 1.807) is 12.3 Å². The number of nitrogens with one attached hydrogen (secondary N) is 1. The molecule has 1 aromatic heterocycles. The lowest BCUT2D eigenvalue weighted by Gasteiger charge is -2.19. The molecule has 0 aromatic carbocycles. The molecule has 1 rings (SSSR count). The number of rotatable bonds is 5. The van der Waals surface area contributed by atoms with Crippen molar-refractivity contribution in [1.29, 1.82) is 0 Å². The van der Waals surface area contributed by atoms with E-state index in [1.807, 2.05) is 6.07 Å². The number of pyridine rings is 1. The number of nitrogens with two attached hydrogens (primary N) is 1. The SMILES string of the molecule is CCC(C)CC(NN)c1ccc(Cl)nc1. The Morgan fingerprint density at radius 2 is 2.27 bits per heavy atom. The van der Waals surface area contributed by atoms with E-state index >= 15 is 0 Å². The van der Waals surface area contributed by atoms with E-state index in [4.69, 9.17) is 17.4 Å². The molecule has 0 aliphatic carbocycles. The van der Waals surface area contributed by atoms with Crippen LogP contribution in [0.25, 0.3) is 0 Å². The molecule has 0 aliphatic rings. The minimum absolute atomic E-state index is 0.157. The van der Waals surface area contributed by atoms with Gasteiger partial charge in [-0.05, 0) is 24.0 Å². The lowest BCUT2D eigenvalue weighted by Crippen LogP contribution is -2.29. The van der Waals surface area contributed by atoms with Gasteiger partial charge in [0, 0.05) is 12.2 Å². The van der Waals surface area contributed by atoms with Crippen molar-refractivity contribution in [2.24, 2.45) is 11.8 Å². The number of hydrazine groups is 1. The summed E-state index contributed by atoms with van der Waals surface area (Å²) < 4.78 is 0. The predicted octanol–water partition coefficient (Wildman–Crippen LogP) is 2.68. The lowest BCUT2D eigenvalue weighted by molar-refractivity contribution is 0.407. The summed E-state index contributed by atoms with van der Waals surface area (Å²) >= 11 is 5.73. The van der Waals surface area contributed by atoms with Gasteiger partial charge >= 0.3 is 0 Å². The van der Waals surface area contributed by atoms with Crippen molar-refractivity contribution >= 4 is 11.6 Å². The third-order valence-electron chi connectivity index (χ3n) is 2.69. The number of hydrogen-bond donors (Lipinski definition) is 2. The molecule has 0 saturated carbocycles. The van der Waals surface area contributed by atoms with Crippen LogP contribution in [0.15, 0.2) is 18.3 Å². The summed E-state index contributed by atoms with van der Waals surface area (Å²) in [4.78, 5) is 4.05. The fourth-order valence-corrected chi connectivity index (χ4v) is 1.57. The van der Waals surface area contributed by atoms with Crippen LogP contribution >= 0.6 is 11.6 Å². The Hall–Kier alpha value is -0.640. The van der Waals surface area contributed by atoms with Gasteiger partial charge in [-0.1, -0.05) is 37.9 Å². The summed E-state index contributed by atoms with van der Waals surface area (Å²) in [7, 11) is 0. The number of halogens is 1. The second-order valence-corrected chi connectivity index (χ2v) is 4.27. The standard InChI is InChI=1S/C11H18ClN3/c1-3-8(2)6-10(15-13)9-4-5-11(12)14-7-9/h4-5,7-8,10,15H,3,6,13H2,1-2H3. The number of aromatic nitrogens is 1. The van der Waals surface area contributed by atoms with E-state index in [0.29, 0.717) is 11.1 Å². The fraction of sp³-hybridized carbons (Fsp3) is 0.545. The lowest BCUT2D eigenvalue weighted by atomic mass is 9.96. The van der Waals surface area contributed by atoms with Gasteiger partial charge in [-0.2, -0.15) is 0 Å². The molecule has 0 radical (unpaired) electrons. The molecule has 1 aromatic rings. The van der Waals surface area contributed by atoms with Gasteiger partial charge in [0.1, 0.15) is 5.15 Å². The van der Waals surface area contributed by atoms with Gasteiger partial charge in [0.2, 0.25) is 0 Å². The van der Waals surface area contributed by atoms with Crippen molar-refractivity contribution in [2.75, 3.05) is 0 Å². The van der Waals surface area contributed by atoms with Crippen molar-refractivity contribution in [3.63, 3.8) is 0 Å². The van der Waals surface area contributed by atoms with Crippen molar-refractivity contribution in [3.05, 3.63) is 29.0 Å². The molecule has 0 bridgehead atoms. The topological polar surface area (TPSA) is 50.9 Å². The second-order valence-electron chi connectivity index (χ2n) is 3.88. The molecule has 0 fully saturated rings. The first-order chi connectivity index (χ1) is 7.17. The highest BCUT2D eigenvalue weighted by Gasteiger charge is 2.13. The Kier molecular flexibility index (Phi) is 5.02. The highest BCUT2D eigenvalue weighted by atomic mass is 35.5. The fourth-order valence-electron chi connectivity index (χ4n) is 1.46. The smallest absolute Gasteiger partial charge is 0.129 e. The predicted molar refractivity (Wildman–Crippen MR) is 63.4 cm³/mol. The molecular formula is C11H18ClN3. The maximum absolute atomic E-state index is 5.73. The Labute approximate surface area is 96.0 Å². The Balaban J connectivity index is 2.69. The van der Waals surface area contributed by atoms with Crippen LogP contribution in [0.2, 0.25) is 5.15 Å². The summed E-state index contributed by atoms with van der Waals surface area (Å²) in [5.74, 6) is 6.18. The molecule has 1 heterocycles. The number of nitrogens with zero attached hydrogens (tertiary/aromatic N) is 1. The van der Waals surface area contributed by atoms with Gasteiger partial charge in [-0.15, -0.1) is 0 Å². The van der Waals surface area contributed by atoms with Crippen molar-refractivity contribution < 1.29 is 0 Å². The molecule has 0 amide bonds. The summed E-state index contributed by atoms with van der Waals surface area (Å²) in [5.41, 5.74) is 3.91. The summed E-state index contributed by atoms with van der Waals surface area (Å²) in [5, 5.41) is 0.512. The number of hydrogen-bond acceptors (Lipinski definition) is 3. The van der Waals surface area contributed by atoms with Gasteiger partial charge in [0.15, 0.2) is 0 Å². The summed E-state index contributed by atoms with van der Waals surface area (Å²) in [6.07, 6.45) is 3.94. The molecule has 2 atom stereocenters. The average molecular weight is 228 g/mol. The molecule has 0 saturated heterocycles. The molecule has 4 heteroatoms. The van der Waals surface area contributed by atoms with Crippen LogP contribution in [-0.2, 0) is 0 Å². The van der Waals surface area contributed by atoms with E-state index in [0.717, 1.165) is 18.4 Å². The first kappa shape index (κ1) is 12.4. The largest absolute Gasteiger partial charge is 0.271 e. The Morgan fingerprint density at radius 3 is 2.73 bits per heavy atom. The van der Waals surface area contributed by atoms with Crippen molar-refractivity contribution in [2.45, 2.75) is 32.7 Å². The summed E-state index contributed by atoms with van der Waals surface area (Å²) in [6.45, 7) is 4.39. The third-order valence-corrected chi connectivity index (χ3v) is 2.91. The van der Waals surface area contributed by atoms with Gasteiger partial charge in [0.25, 0.3) is 0 Å². The monoisotopic (exact) mass is 227 g/mol. The highest BCUT2D eigenvalue weighted by molar-refractivity contribution is 6.29. The highest BCUT2D eigenvalue weighted by Crippen LogP contribution is 2.22. The molecule has 0 aliphatic heterocycles. The van der Waals surface area contributed by atoms with Crippen molar-refractivity contribution in [3.8, 4) is 0 Å². The quantitative estimate of drug-likeness (QED) is 0.462. The zero-order valence-electron chi connectivity index (χ0n) is 9.20. The van der Waals surface area contributed by atoms with Crippen LogP contribution in [0, 0.1) is 5.92 Å². The molecule has 0 spiro atoms. The van der Waals surface area contributed by atoms with E-state index in [9.17, 15) is 0 Å². The zero-order chi connectivity index (χ0) is 11.3. The van der Waals surface area contributed by atoms with Crippen LogP contribution in [0.1, 0.15) is 38.3 Å². The molecular weight excluding hydrogens is 210 g/mol. The molecule has 15 heavy (non-hydrogen) atoms. The van der Waals surface area contributed by atoms with Gasteiger partial charge < -0.3 is 0 Å². The van der Waals surface area contributed by atoms with E-state index in [1.165, 1.54) is 0 Å². The van der Waals surface area contributed by atoms with Crippen molar-refractivity contribution in [1.82, 2.24) is 10.4 Å². The normalized spacial score (nSPS) is 14.9. The maximum Gasteiger partial charge on any atom is 0.129 e. The average Bonchev–Trinajstić information content (AvgIpc) is 2.27. The Morgan fingerprint density at radius 1 is 1.53 bits per heavy atom. The first-order valence-corrected chi connectivity index (χ1v) is 5.62. The van der Waals surface area contributed by atoms with E-state index < -0.39 is 0 Å². The second kappa shape index (κ2) is 6.05. The minimum Gasteiger partial charge on any atom is -0.271 e. The van der Waals surface area contributed by atoms with Gasteiger partial charge in [0.05, 0.1) is 0 Å². The Bertz CT molecular complexity index is 286. The molecule has 3 nitrogen and oxygen atoms in total. The van der Waals surface area contributed by atoms with E-state index in [-0.39, 0.29) is 6.04 Å². The minimum atomic E-state index is 0.157. The van der Waals surface area contributed by atoms with Crippen LogP contribution in [0.4, 0.5) is 0 Å². The van der Waals surface area contributed by atoms with Gasteiger partial charge in [-0.25, -0.2) is 4.98 Å². The summed E-state index contributed by atoms with van der Waals surface area (Å²) in [6, 6.07) is 3.91. The maximum atomic E-state index is 5.73. The first-order valence-electron chi connectivity index (χ1n) is 5.25. The zero-order valence-corrected chi connectivity index (χ0v) is 9.96. The van der Waals surface area contributed by atoms with Crippen LogP contribution in [-0.4, -0.2) is 4.98 Å². The van der Waals surface area contributed by atoms with Crippen LogP contribution < -0.4 is 11.3 Å². The molecule has 2 unspecified atom stereocenters. The van der Waals surface area contributed by atoms with Crippen LogP contribution in [0.3, 0.4) is 0 Å². The van der Waals surface area contributed by atoms with E-state index in [2.05, 4.69) is 24.3 Å². The molecule has 3 N–H and O–H groups in total. The third kappa shape index (κ3) is 3.78. The molecule has 84 valence electrons. The van der Waals surface area contributed by atoms with Crippen LogP contribution in [0.5, 0.6) is 0 Å². The van der Waals surface area contributed by atoms with Gasteiger partial charge in [-0.3, -0.25) is 11.3 Å².